The maximum Gasteiger partial charge on any atom is 0.193 e. The van der Waals surface area contributed by atoms with Crippen LogP contribution in [-0.2, 0) is 6.54 Å². The molecule has 0 aliphatic rings. The molecule has 4 N–H and O–H groups in total. The third-order valence-electron chi connectivity index (χ3n) is 4.36. The fourth-order valence-electron chi connectivity index (χ4n) is 2.84. The molecule has 1 aromatic heterocycles. The summed E-state index contributed by atoms with van der Waals surface area (Å²) < 4.78 is 11.0. The quantitative estimate of drug-likeness (QED) is 0.309. The molecule has 0 aliphatic heterocycles. The fraction of sp³-hybridized carbons (Fsp3) is 0.0870. The molecule has 0 radical (unpaired) electrons. The van der Waals surface area contributed by atoms with E-state index in [0.717, 1.165) is 22.7 Å². The number of methoxy groups -OCH3 is 1. The molecule has 3 aromatic carbocycles. The molecule has 156 valence electrons. The summed E-state index contributed by atoms with van der Waals surface area (Å²) in [6.45, 7) is 0.266. The van der Waals surface area contributed by atoms with Gasteiger partial charge in [-0.15, -0.1) is 0 Å². The Labute approximate surface area is 179 Å². The SMILES string of the molecule is COc1ccc(-c2n[nH]c(CN=C(N)Nc3cccc(Oc4ccccc4)c3)n2)cc1. The zero-order valence-electron chi connectivity index (χ0n) is 16.9. The van der Waals surface area contributed by atoms with Gasteiger partial charge < -0.3 is 20.5 Å². The Morgan fingerprint density at radius 3 is 2.52 bits per heavy atom. The number of nitrogens with two attached hydrogens (primary N) is 1. The normalized spacial score (nSPS) is 11.2. The van der Waals surface area contributed by atoms with Gasteiger partial charge in [0.15, 0.2) is 11.8 Å². The molecule has 0 aliphatic carbocycles. The summed E-state index contributed by atoms with van der Waals surface area (Å²) in [5.74, 6) is 3.70. The van der Waals surface area contributed by atoms with Crippen molar-refractivity contribution in [2.75, 3.05) is 12.4 Å². The number of hydrogen-bond acceptors (Lipinski definition) is 5. The lowest BCUT2D eigenvalue weighted by Gasteiger charge is -2.09. The number of rotatable bonds is 7. The summed E-state index contributed by atoms with van der Waals surface area (Å²) in [6, 6.07) is 24.6. The Bertz CT molecular complexity index is 1160. The maximum atomic E-state index is 6.03. The number of nitrogens with one attached hydrogen (secondary N) is 2. The molecule has 0 saturated carbocycles. The van der Waals surface area contributed by atoms with E-state index in [4.69, 9.17) is 15.2 Å². The van der Waals surface area contributed by atoms with Crippen molar-refractivity contribution in [3.8, 4) is 28.6 Å². The molecule has 0 saturated heterocycles. The second-order valence-corrected chi connectivity index (χ2v) is 6.60. The third-order valence-corrected chi connectivity index (χ3v) is 4.36. The fourth-order valence-corrected chi connectivity index (χ4v) is 2.84. The molecular weight excluding hydrogens is 392 g/mol. The molecule has 0 unspecified atom stereocenters. The Morgan fingerprint density at radius 1 is 0.968 bits per heavy atom. The van der Waals surface area contributed by atoms with Crippen LogP contribution in [0.2, 0.25) is 0 Å². The predicted molar refractivity (Wildman–Crippen MR) is 120 cm³/mol. The van der Waals surface area contributed by atoms with Crippen molar-refractivity contribution >= 4 is 11.6 Å². The molecule has 8 nitrogen and oxygen atoms in total. The lowest BCUT2D eigenvalue weighted by Crippen LogP contribution is -2.22. The minimum absolute atomic E-state index is 0.263. The smallest absolute Gasteiger partial charge is 0.193 e. The van der Waals surface area contributed by atoms with Crippen LogP contribution in [0.5, 0.6) is 17.2 Å². The third kappa shape index (κ3) is 5.39. The summed E-state index contributed by atoms with van der Waals surface area (Å²) in [4.78, 5) is 8.78. The van der Waals surface area contributed by atoms with Gasteiger partial charge in [0, 0.05) is 17.3 Å². The van der Waals surface area contributed by atoms with Crippen LogP contribution in [0.3, 0.4) is 0 Å². The van der Waals surface area contributed by atoms with E-state index in [9.17, 15) is 0 Å². The number of aromatic amines is 1. The summed E-state index contributed by atoms with van der Waals surface area (Å²) in [5, 5.41) is 10.2. The van der Waals surface area contributed by atoms with Crippen LogP contribution in [-0.4, -0.2) is 28.3 Å². The van der Waals surface area contributed by atoms with E-state index in [1.807, 2.05) is 78.9 Å². The Hall–Kier alpha value is -4.33. The first-order chi connectivity index (χ1) is 15.2. The molecule has 0 spiro atoms. The van der Waals surface area contributed by atoms with E-state index in [0.29, 0.717) is 17.4 Å². The van der Waals surface area contributed by atoms with Gasteiger partial charge in [-0.3, -0.25) is 5.10 Å². The monoisotopic (exact) mass is 414 g/mol. The van der Waals surface area contributed by atoms with Crippen LogP contribution in [0.4, 0.5) is 5.69 Å². The largest absolute Gasteiger partial charge is 0.497 e. The predicted octanol–water partition coefficient (Wildman–Crippen LogP) is 4.20. The van der Waals surface area contributed by atoms with Crippen molar-refractivity contribution in [3.05, 3.63) is 84.7 Å². The second kappa shape index (κ2) is 9.45. The lowest BCUT2D eigenvalue weighted by molar-refractivity contribution is 0.415. The Morgan fingerprint density at radius 2 is 1.74 bits per heavy atom. The first kappa shape index (κ1) is 20.0. The van der Waals surface area contributed by atoms with E-state index in [1.165, 1.54) is 0 Å². The number of benzene rings is 3. The first-order valence-corrected chi connectivity index (χ1v) is 9.65. The van der Waals surface area contributed by atoms with Crippen molar-refractivity contribution < 1.29 is 9.47 Å². The second-order valence-electron chi connectivity index (χ2n) is 6.60. The molecule has 4 aromatic rings. The highest BCUT2D eigenvalue weighted by Gasteiger charge is 2.06. The molecule has 31 heavy (non-hydrogen) atoms. The van der Waals surface area contributed by atoms with Gasteiger partial charge in [-0.25, -0.2) is 9.98 Å². The molecule has 1 heterocycles. The first-order valence-electron chi connectivity index (χ1n) is 9.65. The number of H-pyrrole nitrogens is 1. The zero-order valence-corrected chi connectivity index (χ0v) is 16.9. The van der Waals surface area contributed by atoms with E-state index < -0.39 is 0 Å². The van der Waals surface area contributed by atoms with E-state index >= 15 is 0 Å². The number of ether oxygens (including phenoxy) is 2. The average molecular weight is 414 g/mol. The van der Waals surface area contributed by atoms with E-state index in [1.54, 1.807) is 7.11 Å². The number of aromatic nitrogens is 3. The van der Waals surface area contributed by atoms with Gasteiger partial charge in [-0.1, -0.05) is 24.3 Å². The molecule has 0 bridgehead atoms. The number of aliphatic imine (C=N–C) groups is 1. The van der Waals surface area contributed by atoms with Gasteiger partial charge >= 0.3 is 0 Å². The van der Waals surface area contributed by atoms with Crippen LogP contribution in [0.1, 0.15) is 5.82 Å². The number of para-hydroxylation sites is 1. The van der Waals surface area contributed by atoms with Crippen molar-refractivity contribution in [2.24, 2.45) is 10.7 Å². The van der Waals surface area contributed by atoms with Crippen LogP contribution in [0, 0.1) is 0 Å². The summed E-state index contributed by atoms with van der Waals surface area (Å²) in [7, 11) is 1.63. The lowest BCUT2D eigenvalue weighted by atomic mass is 10.2. The number of anilines is 1. The topological polar surface area (TPSA) is 110 Å². The molecule has 0 atom stereocenters. The average Bonchev–Trinajstić information content (AvgIpc) is 3.28. The minimum atomic E-state index is 0.263. The molecule has 4 rings (SSSR count). The van der Waals surface area contributed by atoms with Gasteiger partial charge in [0.2, 0.25) is 0 Å². The van der Waals surface area contributed by atoms with Crippen LogP contribution >= 0.6 is 0 Å². The van der Waals surface area contributed by atoms with Crippen molar-refractivity contribution in [2.45, 2.75) is 6.54 Å². The van der Waals surface area contributed by atoms with Crippen LogP contribution < -0.4 is 20.5 Å². The van der Waals surface area contributed by atoms with Crippen molar-refractivity contribution in [1.29, 1.82) is 0 Å². The molecule has 0 fully saturated rings. The van der Waals surface area contributed by atoms with Crippen molar-refractivity contribution in [3.63, 3.8) is 0 Å². The summed E-state index contributed by atoms with van der Waals surface area (Å²) in [6.07, 6.45) is 0. The van der Waals surface area contributed by atoms with Crippen molar-refractivity contribution in [1.82, 2.24) is 15.2 Å². The zero-order chi connectivity index (χ0) is 21.5. The van der Waals surface area contributed by atoms with Gasteiger partial charge in [-0.05, 0) is 48.5 Å². The maximum absolute atomic E-state index is 6.03. The van der Waals surface area contributed by atoms with Gasteiger partial charge in [0.1, 0.15) is 29.6 Å². The highest BCUT2D eigenvalue weighted by atomic mass is 16.5. The number of nitrogens with zero attached hydrogens (tertiary/aromatic N) is 3. The summed E-state index contributed by atoms with van der Waals surface area (Å²) >= 11 is 0. The Balaban J connectivity index is 1.37. The van der Waals surface area contributed by atoms with Gasteiger partial charge in [0.05, 0.1) is 7.11 Å². The number of hydrogen-bond donors (Lipinski definition) is 3. The Kier molecular flexibility index (Phi) is 6.08. The van der Waals surface area contributed by atoms with Crippen LogP contribution in [0.25, 0.3) is 11.4 Å². The minimum Gasteiger partial charge on any atom is -0.497 e. The van der Waals surface area contributed by atoms with Crippen LogP contribution in [0.15, 0.2) is 83.9 Å². The highest BCUT2D eigenvalue weighted by Crippen LogP contribution is 2.24. The molecular formula is C23H22N6O2. The summed E-state index contributed by atoms with van der Waals surface area (Å²) in [5.41, 5.74) is 7.68. The van der Waals surface area contributed by atoms with E-state index in [-0.39, 0.29) is 12.5 Å². The van der Waals surface area contributed by atoms with E-state index in [2.05, 4.69) is 25.5 Å². The standard InChI is InChI=1S/C23H22N6O2/c1-30-18-12-10-16(11-13-18)22-27-21(28-29-22)15-25-23(24)26-17-6-5-9-20(14-17)31-19-7-3-2-4-8-19/h2-14H,15H2,1H3,(H3,24,25,26)(H,27,28,29). The number of guanidine groups is 1. The molecule has 0 amide bonds. The highest BCUT2D eigenvalue weighted by molar-refractivity contribution is 5.92. The molecule has 8 heteroatoms. The van der Waals surface area contributed by atoms with Gasteiger partial charge in [0.25, 0.3) is 0 Å². The van der Waals surface area contributed by atoms with Gasteiger partial charge in [-0.2, -0.15) is 5.10 Å².